The second-order valence-corrected chi connectivity index (χ2v) is 5.52. The van der Waals surface area contributed by atoms with Gasteiger partial charge in [-0.1, -0.05) is 24.3 Å². The van der Waals surface area contributed by atoms with Gasteiger partial charge in [-0.05, 0) is 29.7 Å². The van der Waals surface area contributed by atoms with Gasteiger partial charge in [0.2, 0.25) is 5.56 Å². The summed E-state index contributed by atoms with van der Waals surface area (Å²) >= 11 is 0. The Morgan fingerprint density at radius 2 is 2.04 bits per heavy atom. The molecule has 1 aromatic heterocycles. The molecule has 0 radical (unpaired) electrons. The van der Waals surface area contributed by atoms with Crippen molar-refractivity contribution < 1.29 is 14.6 Å². The predicted octanol–water partition coefficient (Wildman–Crippen LogP) is 1.88. The van der Waals surface area contributed by atoms with E-state index >= 15 is 0 Å². The highest BCUT2D eigenvalue weighted by molar-refractivity contribution is 5.71. The smallest absolute Gasteiger partial charge is 0.306 e. The molecule has 0 aliphatic heterocycles. The minimum Gasteiger partial charge on any atom is -0.469 e. The Balaban J connectivity index is 2.56. The predicted molar refractivity (Wildman–Crippen MR) is 87.3 cm³/mol. The molecule has 2 rings (SSSR count). The zero-order valence-electron chi connectivity index (χ0n) is 13.6. The van der Waals surface area contributed by atoms with E-state index in [0.717, 1.165) is 22.4 Å². The van der Waals surface area contributed by atoms with E-state index in [-0.39, 0.29) is 30.5 Å². The maximum Gasteiger partial charge on any atom is 0.306 e. The van der Waals surface area contributed by atoms with Crippen molar-refractivity contribution in [3.05, 3.63) is 69.1 Å². The average Bonchev–Trinajstić information content (AvgIpc) is 2.56. The second kappa shape index (κ2) is 7.24. The van der Waals surface area contributed by atoms with Gasteiger partial charge in [0.1, 0.15) is 0 Å². The number of aliphatic hydroxyl groups excluding tert-OH is 1. The van der Waals surface area contributed by atoms with E-state index in [1.807, 2.05) is 31.2 Å². The number of hydrogen-bond donors (Lipinski definition) is 1. The van der Waals surface area contributed by atoms with Crippen LogP contribution in [0.3, 0.4) is 0 Å². The minimum atomic E-state index is -0.350. The number of carbonyl (C=O) groups is 1. The first-order chi connectivity index (χ1) is 11.0. The standard InChI is InChI=1S/C18H21NO4/c1-12-7-8-13(9-14(12)11-20)15(10-18(22)23-3)16-5-4-6-17(21)19(16)2/h4-9,15,20H,10-11H2,1-3H3. The SMILES string of the molecule is COC(=O)CC(c1ccc(C)c(CO)c1)c1cccc(=O)n1C. The summed E-state index contributed by atoms with van der Waals surface area (Å²) in [5.41, 5.74) is 3.25. The molecule has 0 bridgehead atoms. The fourth-order valence-corrected chi connectivity index (χ4v) is 2.65. The highest BCUT2D eigenvalue weighted by Crippen LogP contribution is 2.29. The molecule has 1 N–H and O–H groups in total. The molecule has 1 aromatic carbocycles. The lowest BCUT2D eigenvalue weighted by atomic mass is 9.89. The lowest BCUT2D eigenvalue weighted by Gasteiger charge is -2.20. The normalized spacial score (nSPS) is 12.0. The Bertz CT molecular complexity index is 764. The van der Waals surface area contributed by atoms with Crippen LogP contribution >= 0.6 is 0 Å². The van der Waals surface area contributed by atoms with Crippen LogP contribution in [-0.2, 0) is 23.2 Å². The molecule has 1 unspecified atom stereocenters. The van der Waals surface area contributed by atoms with E-state index in [4.69, 9.17) is 4.74 Å². The van der Waals surface area contributed by atoms with Gasteiger partial charge in [-0.15, -0.1) is 0 Å². The fourth-order valence-electron chi connectivity index (χ4n) is 2.65. The van der Waals surface area contributed by atoms with Crippen LogP contribution in [0.4, 0.5) is 0 Å². The van der Waals surface area contributed by atoms with E-state index in [9.17, 15) is 14.7 Å². The topological polar surface area (TPSA) is 68.5 Å². The Morgan fingerprint density at radius 1 is 1.30 bits per heavy atom. The van der Waals surface area contributed by atoms with E-state index in [2.05, 4.69) is 0 Å². The molecule has 0 aliphatic carbocycles. The van der Waals surface area contributed by atoms with Crippen molar-refractivity contribution in [2.24, 2.45) is 7.05 Å². The number of aromatic nitrogens is 1. The van der Waals surface area contributed by atoms with Crippen molar-refractivity contribution in [3.63, 3.8) is 0 Å². The maximum absolute atomic E-state index is 11.9. The van der Waals surface area contributed by atoms with E-state index in [1.165, 1.54) is 17.7 Å². The molecule has 0 saturated heterocycles. The summed E-state index contributed by atoms with van der Waals surface area (Å²) in [4.78, 5) is 23.7. The molecule has 2 aromatic rings. The average molecular weight is 315 g/mol. The lowest BCUT2D eigenvalue weighted by molar-refractivity contribution is -0.140. The molecule has 0 spiro atoms. The van der Waals surface area contributed by atoms with Crippen LogP contribution in [0.15, 0.2) is 41.2 Å². The van der Waals surface area contributed by atoms with Crippen LogP contribution in [0.1, 0.15) is 34.7 Å². The number of benzene rings is 1. The summed E-state index contributed by atoms with van der Waals surface area (Å²) in [5, 5.41) is 9.48. The first-order valence-corrected chi connectivity index (χ1v) is 7.41. The van der Waals surface area contributed by atoms with Crippen LogP contribution in [0.2, 0.25) is 0 Å². The number of esters is 1. The zero-order valence-corrected chi connectivity index (χ0v) is 13.6. The van der Waals surface area contributed by atoms with Crippen LogP contribution in [0.5, 0.6) is 0 Å². The molecule has 5 nitrogen and oxygen atoms in total. The second-order valence-electron chi connectivity index (χ2n) is 5.52. The van der Waals surface area contributed by atoms with Crippen LogP contribution in [0.25, 0.3) is 0 Å². The lowest BCUT2D eigenvalue weighted by Crippen LogP contribution is -2.23. The molecular formula is C18H21NO4. The molecule has 0 amide bonds. The van der Waals surface area contributed by atoms with Gasteiger partial charge < -0.3 is 14.4 Å². The van der Waals surface area contributed by atoms with Crippen molar-refractivity contribution in [1.82, 2.24) is 4.57 Å². The Hall–Kier alpha value is -2.40. The molecular weight excluding hydrogens is 294 g/mol. The summed E-state index contributed by atoms with van der Waals surface area (Å²) in [6, 6.07) is 10.7. The number of carbonyl (C=O) groups excluding carboxylic acids is 1. The van der Waals surface area contributed by atoms with Gasteiger partial charge in [-0.25, -0.2) is 0 Å². The molecule has 1 heterocycles. The number of hydrogen-bond acceptors (Lipinski definition) is 4. The Kier molecular flexibility index (Phi) is 5.34. The Labute approximate surface area is 135 Å². The first kappa shape index (κ1) is 17.0. The third-order valence-corrected chi connectivity index (χ3v) is 4.13. The number of aryl methyl sites for hydroxylation is 1. The zero-order chi connectivity index (χ0) is 17.0. The summed E-state index contributed by atoms with van der Waals surface area (Å²) in [7, 11) is 3.03. The minimum absolute atomic E-state index is 0.0711. The van der Waals surface area contributed by atoms with Gasteiger partial charge in [0, 0.05) is 24.7 Å². The van der Waals surface area contributed by atoms with Crippen molar-refractivity contribution >= 4 is 5.97 Å². The molecule has 0 saturated carbocycles. The number of nitrogens with zero attached hydrogens (tertiary/aromatic N) is 1. The molecule has 1 atom stereocenters. The number of aliphatic hydroxyl groups is 1. The van der Waals surface area contributed by atoms with Gasteiger partial charge in [0.25, 0.3) is 0 Å². The molecule has 23 heavy (non-hydrogen) atoms. The highest BCUT2D eigenvalue weighted by Gasteiger charge is 2.21. The van der Waals surface area contributed by atoms with Crippen molar-refractivity contribution in [2.45, 2.75) is 25.9 Å². The highest BCUT2D eigenvalue weighted by atomic mass is 16.5. The number of pyridine rings is 1. The molecule has 0 fully saturated rings. The third-order valence-electron chi connectivity index (χ3n) is 4.13. The van der Waals surface area contributed by atoms with Crippen molar-refractivity contribution in [3.8, 4) is 0 Å². The monoisotopic (exact) mass is 315 g/mol. The van der Waals surface area contributed by atoms with E-state index in [1.54, 1.807) is 13.1 Å². The first-order valence-electron chi connectivity index (χ1n) is 7.41. The molecule has 0 aliphatic rings. The number of rotatable bonds is 5. The quantitative estimate of drug-likeness (QED) is 0.856. The van der Waals surface area contributed by atoms with Crippen molar-refractivity contribution in [2.75, 3.05) is 7.11 Å². The fraction of sp³-hybridized carbons (Fsp3) is 0.333. The van der Waals surface area contributed by atoms with Gasteiger partial charge in [0.05, 0.1) is 20.1 Å². The van der Waals surface area contributed by atoms with Crippen LogP contribution in [0, 0.1) is 6.92 Å². The Morgan fingerprint density at radius 3 is 2.70 bits per heavy atom. The summed E-state index contributed by atoms with van der Waals surface area (Å²) in [6.45, 7) is 1.85. The van der Waals surface area contributed by atoms with Crippen LogP contribution in [-0.4, -0.2) is 22.8 Å². The molecule has 5 heteroatoms. The number of methoxy groups -OCH3 is 1. The molecule has 122 valence electrons. The summed E-state index contributed by atoms with van der Waals surface area (Å²) in [5.74, 6) is -0.662. The summed E-state index contributed by atoms with van der Waals surface area (Å²) < 4.78 is 6.33. The number of ether oxygens (including phenoxy) is 1. The van der Waals surface area contributed by atoms with Gasteiger partial charge in [0.15, 0.2) is 0 Å². The summed E-state index contributed by atoms with van der Waals surface area (Å²) in [6.07, 6.45) is 0.127. The van der Waals surface area contributed by atoms with Gasteiger partial charge in [-0.3, -0.25) is 9.59 Å². The third kappa shape index (κ3) is 3.68. The van der Waals surface area contributed by atoms with Crippen LogP contribution < -0.4 is 5.56 Å². The van der Waals surface area contributed by atoms with Gasteiger partial charge in [-0.2, -0.15) is 0 Å². The van der Waals surface area contributed by atoms with Gasteiger partial charge >= 0.3 is 5.97 Å². The maximum atomic E-state index is 11.9. The van der Waals surface area contributed by atoms with E-state index < -0.39 is 0 Å². The van der Waals surface area contributed by atoms with E-state index in [0.29, 0.717) is 0 Å². The van der Waals surface area contributed by atoms with Crippen molar-refractivity contribution in [1.29, 1.82) is 0 Å². The largest absolute Gasteiger partial charge is 0.469 e.